The molecule has 0 atom stereocenters. The van der Waals surface area contributed by atoms with Crippen molar-refractivity contribution in [2.45, 2.75) is 13.8 Å². The van der Waals surface area contributed by atoms with E-state index in [4.69, 9.17) is 4.74 Å². The smallest absolute Gasteiger partial charge is 0.259 e. The highest BCUT2D eigenvalue weighted by molar-refractivity contribution is 5.96. The van der Waals surface area contributed by atoms with E-state index in [2.05, 4.69) is 41.9 Å². The number of aromatic nitrogens is 1. The van der Waals surface area contributed by atoms with Gasteiger partial charge in [-0.25, -0.2) is 4.98 Å². The highest BCUT2D eigenvalue weighted by Gasteiger charge is 2.25. The topological polar surface area (TPSA) is 45.7 Å². The number of anilines is 1. The lowest BCUT2D eigenvalue weighted by Gasteiger charge is -2.37. The summed E-state index contributed by atoms with van der Waals surface area (Å²) in [5, 5.41) is 0. The summed E-state index contributed by atoms with van der Waals surface area (Å²) in [6, 6.07) is 9.92. The van der Waals surface area contributed by atoms with Crippen molar-refractivity contribution in [1.29, 1.82) is 0 Å². The first kappa shape index (κ1) is 16.3. The summed E-state index contributed by atoms with van der Waals surface area (Å²) >= 11 is 0. The number of amides is 1. The number of carbonyl (C=O) groups is 1. The molecule has 1 aliphatic rings. The second-order valence-corrected chi connectivity index (χ2v) is 6.06. The standard InChI is InChI=1S/C19H23N3O2/c1-14-6-4-8-17(15(14)2)21-10-12-22(13-11-21)19(23)16-7-5-9-20-18(16)24-3/h4-9H,10-13H2,1-3H3. The van der Waals surface area contributed by atoms with Gasteiger partial charge in [-0.15, -0.1) is 0 Å². The summed E-state index contributed by atoms with van der Waals surface area (Å²) in [6.07, 6.45) is 1.63. The van der Waals surface area contributed by atoms with Crippen molar-refractivity contribution in [2.75, 3.05) is 38.2 Å². The summed E-state index contributed by atoms with van der Waals surface area (Å²) in [7, 11) is 1.54. The summed E-state index contributed by atoms with van der Waals surface area (Å²) < 4.78 is 5.21. The number of hydrogen-bond donors (Lipinski definition) is 0. The van der Waals surface area contributed by atoms with Crippen molar-refractivity contribution in [1.82, 2.24) is 9.88 Å². The molecule has 0 radical (unpaired) electrons. The molecule has 0 aliphatic carbocycles. The normalized spacial score (nSPS) is 14.6. The third kappa shape index (κ3) is 3.07. The maximum Gasteiger partial charge on any atom is 0.259 e. The summed E-state index contributed by atoms with van der Waals surface area (Å²) in [5.74, 6) is 0.375. The number of hydrogen-bond acceptors (Lipinski definition) is 4. The Morgan fingerprint density at radius 3 is 2.54 bits per heavy atom. The van der Waals surface area contributed by atoms with E-state index in [1.54, 1.807) is 18.3 Å². The van der Waals surface area contributed by atoms with Crippen molar-refractivity contribution >= 4 is 11.6 Å². The number of nitrogens with zero attached hydrogens (tertiary/aromatic N) is 3. The number of rotatable bonds is 3. The van der Waals surface area contributed by atoms with Gasteiger partial charge in [0, 0.05) is 38.1 Å². The minimum Gasteiger partial charge on any atom is -0.480 e. The molecule has 126 valence electrons. The van der Waals surface area contributed by atoms with E-state index < -0.39 is 0 Å². The molecule has 1 amide bonds. The molecular weight excluding hydrogens is 302 g/mol. The first-order valence-electron chi connectivity index (χ1n) is 8.21. The van der Waals surface area contributed by atoms with Gasteiger partial charge in [-0.2, -0.15) is 0 Å². The molecule has 1 aromatic carbocycles. The van der Waals surface area contributed by atoms with Gasteiger partial charge >= 0.3 is 0 Å². The molecule has 0 spiro atoms. The molecular formula is C19H23N3O2. The Labute approximate surface area is 142 Å². The van der Waals surface area contributed by atoms with E-state index in [0.717, 1.165) is 13.1 Å². The molecule has 1 aliphatic heterocycles. The van der Waals surface area contributed by atoms with Crippen LogP contribution < -0.4 is 9.64 Å². The third-order valence-corrected chi connectivity index (χ3v) is 4.68. The van der Waals surface area contributed by atoms with Crippen LogP contribution in [0.3, 0.4) is 0 Å². The number of benzene rings is 1. The second-order valence-electron chi connectivity index (χ2n) is 6.06. The quantitative estimate of drug-likeness (QED) is 0.870. The predicted molar refractivity (Wildman–Crippen MR) is 94.8 cm³/mol. The Kier molecular flexibility index (Phi) is 4.69. The monoisotopic (exact) mass is 325 g/mol. The lowest BCUT2D eigenvalue weighted by Crippen LogP contribution is -2.49. The Morgan fingerprint density at radius 1 is 1.08 bits per heavy atom. The van der Waals surface area contributed by atoms with E-state index >= 15 is 0 Å². The molecule has 5 nitrogen and oxygen atoms in total. The second kappa shape index (κ2) is 6.91. The molecule has 2 aromatic rings. The summed E-state index contributed by atoms with van der Waals surface area (Å²) in [4.78, 5) is 21.1. The lowest BCUT2D eigenvalue weighted by atomic mass is 10.1. The SMILES string of the molecule is COc1ncccc1C(=O)N1CCN(c2cccc(C)c2C)CC1. The van der Waals surface area contributed by atoms with Crippen molar-refractivity contribution in [3.63, 3.8) is 0 Å². The van der Waals surface area contributed by atoms with Crippen molar-refractivity contribution in [3.8, 4) is 5.88 Å². The van der Waals surface area contributed by atoms with E-state index in [0.29, 0.717) is 24.5 Å². The van der Waals surface area contributed by atoms with Crippen LogP contribution in [0.15, 0.2) is 36.5 Å². The molecule has 0 N–H and O–H groups in total. The van der Waals surface area contributed by atoms with Gasteiger partial charge in [0.1, 0.15) is 5.56 Å². The summed E-state index contributed by atoms with van der Waals surface area (Å²) in [6.45, 7) is 7.35. The van der Waals surface area contributed by atoms with Gasteiger partial charge in [0.05, 0.1) is 7.11 Å². The molecule has 24 heavy (non-hydrogen) atoms. The van der Waals surface area contributed by atoms with Gasteiger partial charge in [0.25, 0.3) is 5.91 Å². The Balaban J connectivity index is 1.71. The fraction of sp³-hybridized carbons (Fsp3) is 0.368. The number of methoxy groups -OCH3 is 1. The minimum absolute atomic E-state index is 0.0134. The number of pyridine rings is 1. The van der Waals surface area contributed by atoms with E-state index in [9.17, 15) is 4.79 Å². The molecule has 0 bridgehead atoms. The maximum absolute atomic E-state index is 12.7. The van der Waals surface area contributed by atoms with Crippen LogP contribution in [0.2, 0.25) is 0 Å². The Hall–Kier alpha value is -2.56. The summed E-state index contributed by atoms with van der Waals surface area (Å²) in [5.41, 5.74) is 4.40. The van der Waals surface area contributed by atoms with Crippen LogP contribution in [0.5, 0.6) is 5.88 Å². The molecule has 2 heterocycles. The lowest BCUT2D eigenvalue weighted by molar-refractivity contribution is 0.0742. The fourth-order valence-electron chi connectivity index (χ4n) is 3.12. The minimum atomic E-state index is -0.0134. The number of aryl methyl sites for hydroxylation is 1. The largest absolute Gasteiger partial charge is 0.480 e. The van der Waals surface area contributed by atoms with Gasteiger partial charge < -0.3 is 14.5 Å². The van der Waals surface area contributed by atoms with Crippen molar-refractivity contribution in [3.05, 3.63) is 53.2 Å². The van der Waals surface area contributed by atoms with Crippen LogP contribution in [0.1, 0.15) is 21.5 Å². The molecule has 3 rings (SSSR count). The maximum atomic E-state index is 12.7. The van der Waals surface area contributed by atoms with Gasteiger partial charge in [-0.3, -0.25) is 4.79 Å². The number of piperazine rings is 1. The van der Waals surface area contributed by atoms with Crippen LogP contribution in [0.4, 0.5) is 5.69 Å². The zero-order valence-corrected chi connectivity index (χ0v) is 14.5. The van der Waals surface area contributed by atoms with Gasteiger partial charge in [0.2, 0.25) is 5.88 Å². The zero-order chi connectivity index (χ0) is 17.1. The van der Waals surface area contributed by atoms with Crippen LogP contribution >= 0.6 is 0 Å². The Morgan fingerprint density at radius 2 is 1.83 bits per heavy atom. The number of carbonyl (C=O) groups excluding carboxylic acids is 1. The van der Waals surface area contributed by atoms with Crippen LogP contribution in [0, 0.1) is 13.8 Å². The van der Waals surface area contributed by atoms with Crippen LogP contribution in [0.25, 0.3) is 0 Å². The molecule has 0 saturated carbocycles. The van der Waals surface area contributed by atoms with E-state index in [1.165, 1.54) is 23.9 Å². The average Bonchev–Trinajstić information content (AvgIpc) is 2.63. The highest BCUT2D eigenvalue weighted by Crippen LogP contribution is 2.24. The molecule has 5 heteroatoms. The van der Waals surface area contributed by atoms with Gasteiger partial charge in [-0.05, 0) is 43.2 Å². The molecule has 1 fully saturated rings. The third-order valence-electron chi connectivity index (χ3n) is 4.68. The van der Waals surface area contributed by atoms with E-state index in [-0.39, 0.29) is 5.91 Å². The van der Waals surface area contributed by atoms with Crippen LogP contribution in [-0.4, -0.2) is 49.1 Å². The Bertz CT molecular complexity index is 737. The predicted octanol–water partition coefficient (Wildman–Crippen LogP) is 2.67. The fourth-order valence-corrected chi connectivity index (χ4v) is 3.12. The van der Waals surface area contributed by atoms with Gasteiger partial charge in [-0.1, -0.05) is 12.1 Å². The first-order chi connectivity index (χ1) is 11.6. The molecule has 1 saturated heterocycles. The molecule has 0 unspecified atom stereocenters. The van der Waals surface area contributed by atoms with Gasteiger partial charge in [0.15, 0.2) is 0 Å². The highest BCUT2D eigenvalue weighted by atomic mass is 16.5. The van der Waals surface area contributed by atoms with Crippen LogP contribution in [-0.2, 0) is 0 Å². The number of ether oxygens (including phenoxy) is 1. The van der Waals surface area contributed by atoms with Crippen molar-refractivity contribution < 1.29 is 9.53 Å². The molecule has 1 aromatic heterocycles. The van der Waals surface area contributed by atoms with Crippen molar-refractivity contribution in [2.24, 2.45) is 0 Å². The average molecular weight is 325 g/mol. The first-order valence-corrected chi connectivity index (χ1v) is 8.21. The zero-order valence-electron chi connectivity index (χ0n) is 14.5. The van der Waals surface area contributed by atoms with E-state index in [1.807, 2.05) is 4.90 Å².